The van der Waals surface area contributed by atoms with E-state index >= 15 is 0 Å². The number of terminal acetylenes is 1. The number of carbonyl (C=O) groups excluding carboxylic acids is 1. The van der Waals surface area contributed by atoms with Gasteiger partial charge in [-0.15, -0.1) is 12.3 Å². The summed E-state index contributed by atoms with van der Waals surface area (Å²) in [6.07, 6.45) is 6.79. The molecule has 0 atom stereocenters. The van der Waals surface area contributed by atoms with Crippen LogP contribution >= 0.6 is 0 Å². The highest BCUT2D eigenvalue weighted by molar-refractivity contribution is 5.79. The Balaban J connectivity index is 3.64. The molecule has 0 unspecified atom stereocenters. The molecule has 0 rings (SSSR count). The molecule has 1 nitrogen and oxygen atoms in total. The molecule has 0 fully saturated rings. The van der Waals surface area contributed by atoms with Gasteiger partial charge in [0.05, 0.1) is 0 Å². The van der Waals surface area contributed by atoms with E-state index in [1.54, 1.807) is 0 Å². The molecule has 0 aromatic heterocycles. The van der Waals surface area contributed by atoms with Crippen LogP contribution in [0.25, 0.3) is 0 Å². The highest BCUT2D eigenvalue weighted by Gasteiger charge is 2.14. The Bertz CT molecular complexity index is 166. The van der Waals surface area contributed by atoms with E-state index in [0.717, 1.165) is 0 Å². The molecule has 62 valence electrons. The van der Waals surface area contributed by atoms with Gasteiger partial charge in [0.2, 0.25) is 0 Å². The number of Topliss-reactive ketones (excluding diaryl/α,β-unsaturated/α-hetero) is 1. The summed E-state index contributed by atoms with van der Waals surface area (Å²) in [4.78, 5) is 11.1. The Morgan fingerprint density at radius 2 is 2.00 bits per heavy atom. The van der Waals surface area contributed by atoms with Gasteiger partial charge in [0.1, 0.15) is 5.78 Å². The average molecular weight is 152 g/mol. The van der Waals surface area contributed by atoms with E-state index in [-0.39, 0.29) is 11.2 Å². The third-order valence-electron chi connectivity index (χ3n) is 1.28. The van der Waals surface area contributed by atoms with Crippen molar-refractivity contribution < 1.29 is 4.79 Å². The molecule has 0 saturated carbocycles. The Morgan fingerprint density at radius 3 is 2.36 bits per heavy atom. The second-order valence-corrected chi connectivity index (χ2v) is 3.98. The lowest BCUT2D eigenvalue weighted by Gasteiger charge is -2.15. The number of hydrogen-bond acceptors (Lipinski definition) is 1. The SMILES string of the molecule is C#CCCC(=O)CC(C)(C)C. The van der Waals surface area contributed by atoms with Crippen molar-refractivity contribution in [2.75, 3.05) is 0 Å². The van der Waals surface area contributed by atoms with Gasteiger partial charge < -0.3 is 0 Å². The summed E-state index contributed by atoms with van der Waals surface area (Å²) in [5.74, 6) is 2.74. The predicted molar refractivity (Wildman–Crippen MR) is 47.1 cm³/mol. The molecular weight excluding hydrogens is 136 g/mol. The van der Waals surface area contributed by atoms with E-state index in [1.807, 2.05) is 0 Å². The summed E-state index contributed by atoms with van der Waals surface area (Å²) in [7, 11) is 0. The zero-order valence-electron chi connectivity index (χ0n) is 7.61. The van der Waals surface area contributed by atoms with Crippen molar-refractivity contribution in [1.29, 1.82) is 0 Å². The largest absolute Gasteiger partial charge is 0.300 e. The van der Waals surface area contributed by atoms with Gasteiger partial charge in [-0.1, -0.05) is 20.8 Å². The van der Waals surface area contributed by atoms with Crippen LogP contribution in [0.2, 0.25) is 0 Å². The smallest absolute Gasteiger partial charge is 0.134 e. The van der Waals surface area contributed by atoms with Gasteiger partial charge in [0, 0.05) is 19.3 Å². The van der Waals surface area contributed by atoms with E-state index in [2.05, 4.69) is 26.7 Å². The molecule has 0 aromatic rings. The highest BCUT2D eigenvalue weighted by Crippen LogP contribution is 2.19. The molecule has 0 bridgehead atoms. The topological polar surface area (TPSA) is 17.1 Å². The molecule has 0 spiro atoms. The van der Waals surface area contributed by atoms with Crippen LogP contribution < -0.4 is 0 Å². The van der Waals surface area contributed by atoms with Gasteiger partial charge in [0.15, 0.2) is 0 Å². The highest BCUT2D eigenvalue weighted by atomic mass is 16.1. The maximum Gasteiger partial charge on any atom is 0.134 e. The molecule has 0 aliphatic carbocycles. The minimum absolute atomic E-state index is 0.103. The van der Waals surface area contributed by atoms with E-state index in [9.17, 15) is 4.79 Å². The molecule has 0 amide bonds. The minimum Gasteiger partial charge on any atom is -0.300 e. The van der Waals surface area contributed by atoms with Gasteiger partial charge in [0.25, 0.3) is 0 Å². The molecule has 0 N–H and O–H groups in total. The second-order valence-electron chi connectivity index (χ2n) is 3.98. The van der Waals surface area contributed by atoms with Crippen LogP contribution in [-0.4, -0.2) is 5.78 Å². The van der Waals surface area contributed by atoms with Gasteiger partial charge in [-0.05, 0) is 5.41 Å². The molecule has 0 aromatic carbocycles. The molecule has 11 heavy (non-hydrogen) atoms. The first-order chi connectivity index (χ1) is 4.95. The monoisotopic (exact) mass is 152 g/mol. The van der Waals surface area contributed by atoms with Gasteiger partial charge in [-0.25, -0.2) is 0 Å². The van der Waals surface area contributed by atoms with Crippen molar-refractivity contribution in [2.45, 2.75) is 40.0 Å². The van der Waals surface area contributed by atoms with Crippen LogP contribution in [0.5, 0.6) is 0 Å². The third-order valence-corrected chi connectivity index (χ3v) is 1.28. The third kappa shape index (κ3) is 7.12. The van der Waals surface area contributed by atoms with E-state index in [1.165, 1.54) is 0 Å². The summed E-state index contributed by atoms with van der Waals surface area (Å²) in [5, 5.41) is 0. The van der Waals surface area contributed by atoms with Crippen molar-refractivity contribution in [3.05, 3.63) is 0 Å². The fourth-order valence-corrected chi connectivity index (χ4v) is 0.891. The zero-order valence-corrected chi connectivity index (χ0v) is 7.61. The van der Waals surface area contributed by atoms with Crippen molar-refractivity contribution >= 4 is 5.78 Å². The van der Waals surface area contributed by atoms with Crippen LogP contribution in [0, 0.1) is 17.8 Å². The van der Waals surface area contributed by atoms with Crippen LogP contribution in [0.3, 0.4) is 0 Å². The summed E-state index contributed by atoms with van der Waals surface area (Å²) in [5.41, 5.74) is 0.103. The summed E-state index contributed by atoms with van der Waals surface area (Å²) < 4.78 is 0. The Labute approximate surface area is 69.2 Å². The van der Waals surface area contributed by atoms with Crippen LogP contribution in [0.4, 0.5) is 0 Å². The zero-order chi connectivity index (χ0) is 8.91. The lowest BCUT2D eigenvalue weighted by molar-refractivity contribution is -0.120. The number of hydrogen-bond donors (Lipinski definition) is 0. The summed E-state index contributed by atoms with van der Waals surface area (Å²) >= 11 is 0. The molecule has 0 aliphatic rings. The normalized spacial score (nSPS) is 10.7. The van der Waals surface area contributed by atoms with Crippen molar-refractivity contribution in [3.63, 3.8) is 0 Å². The summed E-state index contributed by atoms with van der Waals surface area (Å²) in [6, 6.07) is 0. The Morgan fingerprint density at radius 1 is 1.45 bits per heavy atom. The molecule has 1 heteroatoms. The van der Waals surface area contributed by atoms with E-state index in [4.69, 9.17) is 6.42 Å². The maximum absolute atomic E-state index is 11.1. The van der Waals surface area contributed by atoms with Crippen molar-refractivity contribution in [3.8, 4) is 12.3 Å². The fraction of sp³-hybridized carbons (Fsp3) is 0.700. The van der Waals surface area contributed by atoms with Crippen molar-refractivity contribution in [1.82, 2.24) is 0 Å². The lowest BCUT2D eigenvalue weighted by atomic mass is 9.89. The fourth-order valence-electron chi connectivity index (χ4n) is 0.891. The average Bonchev–Trinajstić information content (AvgIpc) is 1.79. The quantitative estimate of drug-likeness (QED) is 0.567. The first kappa shape index (κ1) is 10.2. The number of ketones is 1. The maximum atomic E-state index is 11.1. The van der Waals surface area contributed by atoms with Crippen LogP contribution in [0.1, 0.15) is 40.0 Å². The first-order valence-electron chi connectivity index (χ1n) is 3.91. The molecular formula is C10H16O. The Hall–Kier alpha value is -0.770. The molecule has 0 aliphatic heterocycles. The van der Waals surface area contributed by atoms with Crippen molar-refractivity contribution in [2.24, 2.45) is 5.41 Å². The number of rotatable bonds is 3. The van der Waals surface area contributed by atoms with Crippen LogP contribution in [0.15, 0.2) is 0 Å². The predicted octanol–water partition coefficient (Wildman–Crippen LogP) is 2.41. The second kappa shape index (κ2) is 4.18. The number of carbonyl (C=O) groups is 1. The first-order valence-corrected chi connectivity index (χ1v) is 3.91. The van der Waals surface area contributed by atoms with Gasteiger partial charge in [-0.3, -0.25) is 4.79 Å². The standard InChI is InChI=1S/C10H16O/c1-5-6-7-9(11)8-10(2,3)4/h1H,6-8H2,2-4H3. The Kier molecular flexibility index (Phi) is 3.89. The van der Waals surface area contributed by atoms with E-state index in [0.29, 0.717) is 19.3 Å². The lowest BCUT2D eigenvalue weighted by Crippen LogP contribution is -2.12. The minimum atomic E-state index is 0.103. The molecule has 0 saturated heterocycles. The molecule has 0 radical (unpaired) electrons. The van der Waals surface area contributed by atoms with Gasteiger partial charge >= 0.3 is 0 Å². The summed E-state index contributed by atoms with van der Waals surface area (Å²) in [6.45, 7) is 6.17. The van der Waals surface area contributed by atoms with Gasteiger partial charge in [-0.2, -0.15) is 0 Å². The molecule has 0 heterocycles. The van der Waals surface area contributed by atoms with Crippen LogP contribution in [-0.2, 0) is 4.79 Å². The van der Waals surface area contributed by atoms with E-state index < -0.39 is 0 Å².